The van der Waals surface area contributed by atoms with Gasteiger partial charge in [-0.3, -0.25) is 9.59 Å². The quantitative estimate of drug-likeness (QED) is 0.727. The number of carbonyl (C=O) groups excluding carboxylic acids is 2. The number of amides is 2. The summed E-state index contributed by atoms with van der Waals surface area (Å²) in [4.78, 5) is 26.4. The highest BCUT2D eigenvalue weighted by molar-refractivity contribution is 5.94. The first kappa shape index (κ1) is 23.0. The molecule has 0 aliphatic carbocycles. The average molecular weight is 414 g/mol. The Kier molecular flexibility index (Phi) is 7.93. The molecule has 0 radical (unpaired) electrons. The van der Waals surface area contributed by atoms with E-state index in [2.05, 4.69) is 30.8 Å². The monoisotopic (exact) mass is 414 g/mol. The third kappa shape index (κ3) is 7.95. The van der Waals surface area contributed by atoms with Crippen molar-refractivity contribution in [2.24, 2.45) is 11.3 Å². The van der Waals surface area contributed by atoms with Crippen molar-refractivity contribution >= 4 is 11.8 Å². The minimum absolute atomic E-state index is 0.0737. The predicted molar refractivity (Wildman–Crippen MR) is 103 cm³/mol. The van der Waals surface area contributed by atoms with Crippen molar-refractivity contribution in [2.45, 2.75) is 53.1 Å². The highest BCUT2D eigenvalue weighted by atomic mass is 19.3. The Morgan fingerprint density at radius 3 is 2.45 bits per heavy atom. The van der Waals surface area contributed by atoms with Crippen molar-refractivity contribution in [1.29, 1.82) is 0 Å². The maximum atomic E-state index is 13.5. The molecule has 1 aromatic carbocycles. The minimum Gasteiger partial charge on any atom is -0.435 e. The van der Waals surface area contributed by atoms with Crippen LogP contribution in [0.25, 0.3) is 0 Å². The van der Waals surface area contributed by atoms with Crippen LogP contribution in [0.5, 0.6) is 5.75 Å². The lowest BCUT2D eigenvalue weighted by molar-refractivity contribution is -0.133. The molecule has 0 aromatic heterocycles. The molecule has 162 valence electrons. The van der Waals surface area contributed by atoms with Gasteiger partial charge in [-0.05, 0) is 42.7 Å². The lowest BCUT2D eigenvalue weighted by Gasteiger charge is -2.32. The largest absolute Gasteiger partial charge is 0.435 e. The number of rotatable bonds is 7. The molecule has 1 aliphatic heterocycles. The Morgan fingerprint density at radius 1 is 1.21 bits per heavy atom. The van der Waals surface area contributed by atoms with Crippen molar-refractivity contribution in [3.63, 3.8) is 0 Å². The van der Waals surface area contributed by atoms with Crippen molar-refractivity contribution < 1.29 is 27.5 Å². The number of hydrogen-bond acceptors (Lipinski definition) is 3. The van der Waals surface area contributed by atoms with Crippen LogP contribution in [0.1, 0.15) is 56.8 Å². The highest BCUT2D eigenvalue weighted by Gasteiger charge is 2.24. The van der Waals surface area contributed by atoms with Gasteiger partial charge < -0.3 is 15.0 Å². The molecule has 8 heteroatoms. The van der Waals surface area contributed by atoms with Gasteiger partial charge in [0.1, 0.15) is 11.6 Å². The van der Waals surface area contributed by atoms with Gasteiger partial charge in [-0.2, -0.15) is 8.78 Å². The Labute approximate surface area is 169 Å². The van der Waals surface area contributed by atoms with Gasteiger partial charge >= 0.3 is 6.61 Å². The summed E-state index contributed by atoms with van der Waals surface area (Å²) in [6, 6.07) is 2.86. The zero-order chi connectivity index (χ0) is 21.6. The summed E-state index contributed by atoms with van der Waals surface area (Å²) in [5.74, 6) is -1.40. The number of nitrogens with zero attached hydrogens (tertiary/aromatic N) is 1. The maximum Gasteiger partial charge on any atom is 0.387 e. The number of benzene rings is 1. The van der Waals surface area contributed by atoms with E-state index in [1.807, 2.05) is 4.90 Å². The van der Waals surface area contributed by atoms with E-state index in [4.69, 9.17) is 0 Å². The summed E-state index contributed by atoms with van der Waals surface area (Å²) in [7, 11) is 0. The number of halogens is 3. The van der Waals surface area contributed by atoms with Crippen LogP contribution < -0.4 is 10.1 Å². The van der Waals surface area contributed by atoms with E-state index >= 15 is 0 Å². The van der Waals surface area contributed by atoms with E-state index in [0.717, 1.165) is 37.5 Å². The number of piperidine rings is 1. The minimum atomic E-state index is -3.09. The summed E-state index contributed by atoms with van der Waals surface area (Å²) in [5.41, 5.74) is 0.0468. The number of carbonyl (C=O) groups is 2. The van der Waals surface area contributed by atoms with Crippen LogP contribution in [0, 0.1) is 17.2 Å². The van der Waals surface area contributed by atoms with Crippen LogP contribution >= 0.6 is 0 Å². The van der Waals surface area contributed by atoms with Gasteiger partial charge in [0.2, 0.25) is 5.91 Å². The second-order valence-corrected chi connectivity index (χ2v) is 8.65. The zero-order valence-corrected chi connectivity index (χ0v) is 17.1. The smallest absolute Gasteiger partial charge is 0.387 e. The predicted octanol–water partition coefficient (Wildman–Crippen LogP) is 4.22. The van der Waals surface area contributed by atoms with Crippen molar-refractivity contribution in [3.8, 4) is 5.75 Å². The van der Waals surface area contributed by atoms with Crippen molar-refractivity contribution in [2.75, 3.05) is 19.6 Å². The van der Waals surface area contributed by atoms with Crippen LogP contribution in [0.2, 0.25) is 0 Å². The number of ether oxygens (including phenoxy) is 1. The fourth-order valence-corrected chi connectivity index (χ4v) is 3.23. The first-order valence-corrected chi connectivity index (χ1v) is 9.85. The zero-order valence-electron chi connectivity index (χ0n) is 17.1. The second-order valence-electron chi connectivity index (χ2n) is 8.65. The molecule has 1 saturated heterocycles. The molecule has 1 N–H and O–H groups in total. The van der Waals surface area contributed by atoms with Gasteiger partial charge in [0.25, 0.3) is 5.91 Å². The molecule has 0 saturated carbocycles. The molecule has 2 amide bonds. The van der Waals surface area contributed by atoms with E-state index in [0.29, 0.717) is 26.1 Å². The topological polar surface area (TPSA) is 58.6 Å². The second kappa shape index (κ2) is 9.98. The summed E-state index contributed by atoms with van der Waals surface area (Å²) in [6.07, 6.45) is 2.91. The Morgan fingerprint density at radius 2 is 1.86 bits per heavy atom. The van der Waals surface area contributed by atoms with E-state index in [1.54, 1.807) is 0 Å². The van der Waals surface area contributed by atoms with Gasteiger partial charge in [0.15, 0.2) is 0 Å². The molecule has 29 heavy (non-hydrogen) atoms. The number of hydrogen-bond donors (Lipinski definition) is 1. The first-order valence-electron chi connectivity index (χ1n) is 9.85. The molecule has 0 spiro atoms. The SMILES string of the molecule is CC(C)(C)CCC(=O)N1CCC(CNC(=O)c2cc(F)cc(OC(F)F)c2)CC1. The molecule has 1 heterocycles. The lowest BCUT2D eigenvalue weighted by Crippen LogP contribution is -2.41. The molecule has 0 atom stereocenters. The fourth-order valence-electron chi connectivity index (χ4n) is 3.23. The number of likely N-dealkylation sites (tertiary alicyclic amines) is 1. The summed E-state index contributed by atoms with van der Waals surface area (Å²) in [5, 5.41) is 2.71. The molecule has 5 nitrogen and oxygen atoms in total. The van der Waals surface area contributed by atoms with Gasteiger partial charge in [0, 0.05) is 37.7 Å². The van der Waals surface area contributed by atoms with Crippen LogP contribution in [-0.4, -0.2) is 43.0 Å². The molecule has 0 bridgehead atoms. The third-order valence-corrected chi connectivity index (χ3v) is 4.97. The standard InChI is InChI=1S/C21H29F3N2O3/c1-21(2,3)7-4-18(27)26-8-5-14(6-9-26)13-25-19(28)15-10-16(22)12-17(11-15)29-20(23)24/h10-12,14,20H,4-9,13H2,1-3H3,(H,25,28). The van der Waals surface area contributed by atoms with Gasteiger partial charge in [-0.1, -0.05) is 20.8 Å². The molecule has 1 aromatic rings. The number of nitrogens with one attached hydrogen (secondary N) is 1. The van der Waals surface area contributed by atoms with Gasteiger partial charge in [-0.15, -0.1) is 0 Å². The fraction of sp³-hybridized carbons (Fsp3) is 0.619. The van der Waals surface area contributed by atoms with Crippen LogP contribution in [-0.2, 0) is 4.79 Å². The third-order valence-electron chi connectivity index (χ3n) is 4.97. The molecule has 2 rings (SSSR count). The Balaban J connectivity index is 1.79. The first-order chi connectivity index (χ1) is 13.5. The van der Waals surface area contributed by atoms with Crippen LogP contribution in [0.3, 0.4) is 0 Å². The van der Waals surface area contributed by atoms with E-state index in [1.165, 1.54) is 0 Å². The van der Waals surface area contributed by atoms with Crippen molar-refractivity contribution in [1.82, 2.24) is 10.2 Å². The molecule has 0 unspecified atom stereocenters. The summed E-state index contributed by atoms with van der Waals surface area (Å²) < 4.78 is 42.3. The van der Waals surface area contributed by atoms with Gasteiger partial charge in [-0.25, -0.2) is 4.39 Å². The molecule has 1 fully saturated rings. The van der Waals surface area contributed by atoms with Crippen molar-refractivity contribution in [3.05, 3.63) is 29.6 Å². The van der Waals surface area contributed by atoms with E-state index in [-0.39, 0.29) is 22.8 Å². The van der Waals surface area contributed by atoms with Crippen LogP contribution in [0.15, 0.2) is 18.2 Å². The molecular weight excluding hydrogens is 385 g/mol. The Bertz CT molecular complexity index is 712. The average Bonchev–Trinajstić information content (AvgIpc) is 2.63. The normalized spacial score (nSPS) is 15.5. The van der Waals surface area contributed by atoms with E-state index < -0.39 is 24.1 Å². The van der Waals surface area contributed by atoms with E-state index in [9.17, 15) is 22.8 Å². The lowest BCUT2D eigenvalue weighted by atomic mass is 9.90. The van der Waals surface area contributed by atoms with Gasteiger partial charge in [0.05, 0.1) is 0 Å². The highest BCUT2D eigenvalue weighted by Crippen LogP contribution is 2.23. The van der Waals surface area contributed by atoms with Crippen LogP contribution in [0.4, 0.5) is 13.2 Å². The summed E-state index contributed by atoms with van der Waals surface area (Å²) >= 11 is 0. The molecule has 1 aliphatic rings. The number of alkyl halides is 2. The maximum absolute atomic E-state index is 13.5. The molecular formula is C21H29F3N2O3. The summed E-state index contributed by atoms with van der Waals surface area (Å²) in [6.45, 7) is 4.91. The Hall–Kier alpha value is -2.25.